The number of carbonyl (C=O) groups is 1. The standard InChI is InChI=1S/C16H23NO2/c1-12-7-6-10-15(11-12)19-13(2)16(18)17(3)14-8-4-5-9-14/h6-7,10-11,13-14H,4-5,8-9H2,1-3H3/t13-/m0/s1. The molecule has 1 aliphatic rings. The second kappa shape index (κ2) is 6.09. The van der Waals surface area contributed by atoms with Crippen molar-refractivity contribution in [1.29, 1.82) is 0 Å². The van der Waals surface area contributed by atoms with E-state index in [1.807, 2.05) is 50.1 Å². The van der Waals surface area contributed by atoms with Crippen LogP contribution in [0.4, 0.5) is 0 Å². The molecule has 1 aromatic carbocycles. The van der Waals surface area contributed by atoms with E-state index in [-0.39, 0.29) is 5.91 Å². The van der Waals surface area contributed by atoms with Crippen LogP contribution < -0.4 is 4.74 Å². The lowest BCUT2D eigenvalue weighted by atomic mass is 10.2. The fraction of sp³-hybridized carbons (Fsp3) is 0.562. The van der Waals surface area contributed by atoms with Crippen LogP contribution in [0, 0.1) is 6.92 Å². The number of likely N-dealkylation sites (N-methyl/N-ethyl adjacent to an activating group) is 1. The van der Waals surface area contributed by atoms with E-state index >= 15 is 0 Å². The van der Waals surface area contributed by atoms with Crippen molar-refractivity contribution in [3.63, 3.8) is 0 Å². The van der Waals surface area contributed by atoms with Crippen molar-refractivity contribution in [1.82, 2.24) is 4.90 Å². The van der Waals surface area contributed by atoms with E-state index in [1.165, 1.54) is 12.8 Å². The molecule has 1 amide bonds. The maximum absolute atomic E-state index is 12.3. The summed E-state index contributed by atoms with van der Waals surface area (Å²) in [6, 6.07) is 8.22. The first-order chi connectivity index (χ1) is 9.08. The zero-order valence-corrected chi connectivity index (χ0v) is 12.1. The molecule has 2 rings (SSSR count). The number of aryl methyl sites for hydroxylation is 1. The smallest absolute Gasteiger partial charge is 0.263 e. The summed E-state index contributed by atoms with van der Waals surface area (Å²) in [5.41, 5.74) is 1.14. The van der Waals surface area contributed by atoms with Gasteiger partial charge in [0.05, 0.1) is 0 Å². The number of carbonyl (C=O) groups excluding carboxylic acids is 1. The molecule has 0 heterocycles. The van der Waals surface area contributed by atoms with Crippen LogP contribution in [0.2, 0.25) is 0 Å². The van der Waals surface area contributed by atoms with Gasteiger partial charge < -0.3 is 9.64 Å². The van der Waals surface area contributed by atoms with Gasteiger partial charge in [0.15, 0.2) is 6.10 Å². The van der Waals surface area contributed by atoms with Gasteiger partial charge >= 0.3 is 0 Å². The highest BCUT2D eigenvalue weighted by molar-refractivity contribution is 5.81. The molecule has 1 fully saturated rings. The summed E-state index contributed by atoms with van der Waals surface area (Å²) in [5.74, 6) is 0.842. The van der Waals surface area contributed by atoms with E-state index in [4.69, 9.17) is 4.74 Å². The van der Waals surface area contributed by atoms with Crippen LogP contribution >= 0.6 is 0 Å². The first kappa shape index (κ1) is 13.9. The third kappa shape index (κ3) is 3.49. The first-order valence-electron chi connectivity index (χ1n) is 7.08. The highest BCUT2D eigenvalue weighted by atomic mass is 16.5. The molecule has 3 heteroatoms. The minimum Gasteiger partial charge on any atom is -0.481 e. The van der Waals surface area contributed by atoms with E-state index in [0.29, 0.717) is 6.04 Å². The number of hydrogen-bond donors (Lipinski definition) is 0. The molecule has 3 nitrogen and oxygen atoms in total. The fourth-order valence-electron chi connectivity index (χ4n) is 2.70. The van der Waals surface area contributed by atoms with Gasteiger partial charge in [-0.2, -0.15) is 0 Å². The Morgan fingerprint density at radius 1 is 1.37 bits per heavy atom. The SMILES string of the molecule is Cc1cccc(O[C@@H](C)C(=O)N(C)C2CCCC2)c1. The van der Waals surface area contributed by atoms with Crippen LogP contribution in [0.25, 0.3) is 0 Å². The molecule has 1 aliphatic carbocycles. The molecular weight excluding hydrogens is 238 g/mol. The summed E-state index contributed by atoms with van der Waals surface area (Å²) < 4.78 is 5.75. The molecule has 0 bridgehead atoms. The monoisotopic (exact) mass is 261 g/mol. The van der Waals surface area contributed by atoms with Crippen molar-refractivity contribution >= 4 is 5.91 Å². The molecule has 19 heavy (non-hydrogen) atoms. The lowest BCUT2D eigenvalue weighted by Crippen LogP contribution is -2.42. The van der Waals surface area contributed by atoms with Crippen molar-refractivity contribution < 1.29 is 9.53 Å². The van der Waals surface area contributed by atoms with Crippen LogP contribution in [-0.2, 0) is 4.79 Å². The Morgan fingerprint density at radius 3 is 2.68 bits per heavy atom. The van der Waals surface area contributed by atoms with Crippen LogP contribution in [0.1, 0.15) is 38.2 Å². The van der Waals surface area contributed by atoms with E-state index in [9.17, 15) is 4.79 Å². The van der Waals surface area contributed by atoms with Gasteiger partial charge in [-0.3, -0.25) is 4.79 Å². The third-order valence-corrected chi connectivity index (χ3v) is 3.87. The Kier molecular flexibility index (Phi) is 4.46. The van der Waals surface area contributed by atoms with Crippen molar-refractivity contribution in [2.75, 3.05) is 7.05 Å². The maximum Gasteiger partial charge on any atom is 0.263 e. The van der Waals surface area contributed by atoms with Crippen molar-refractivity contribution in [2.24, 2.45) is 0 Å². The van der Waals surface area contributed by atoms with Gasteiger partial charge in [0.2, 0.25) is 0 Å². The summed E-state index contributed by atoms with van der Waals surface area (Å²) in [6.45, 7) is 3.85. The van der Waals surface area contributed by atoms with Gasteiger partial charge in [0, 0.05) is 13.1 Å². The topological polar surface area (TPSA) is 29.5 Å². The maximum atomic E-state index is 12.3. The van der Waals surface area contributed by atoms with E-state index in [1.54, 1.807) is 0 Å². The zero-order valence-electron chi connectivity index (χ0n) is 12.1. The number of nitrogens with zero attached hydrogens (tertiary/aromatic N) is 1. The van der Waals surface area contributed by atoms with Gasteiger partial charge in [-0.1, -0.05) is 25.0 Å². The van der Waals surface area contributed by atoms with Gasteiger partial charge in [-0.15, -0.1) is 0 Å². The molecule has 1 aromatic rings. The Morgan fingerprint density at radius 2 is 2.05 bits per heavy atom. The van der Waals surface area contributed by atoms with Crippen molar-refractivity contribution in [3.8, 4) is 5.75 Å². The molecule has 0 spiro atoms. The highest BCUT2D eigenvalue weighted by Gasteiger charge is 2.27. The first-order valence-corrected chi connectivity index (χ1v) is 7.08. The quantitative estimate of drug-likeness (QED) is 0.833. The number of amides is 1. The lowest BCUT2D eigenvalue weighted by Gasteiger charge is -2.27. The lowest BCUT2D eigenvalue weighted by molar-refractivity contribution is -0.138. The minimum absolute atomic E-state index is 0.0772. The molecular formula is C16H23NO2. The van der Waals surface area contributed by atoms with Crippen LogP contribution in [-0.4, -0.2) is 30.0 Å². The predicted molar refractivity (Wildman–Crippen MR) is 76.3 cm³/mol. The molecule has 0 radical (unpaired) electrons. The van der Waals surface area contributed by atoms with Crippen molar-refractivity contribution in [2.45, 2.75) is 51.7 Å². The number of benzene rings is 1. The summed E-state index contributed by atoms with van der Waals surface area (Å²) in [7, 11) is 1.90. The molecule has 0 aromatic heterocycles. The molecule has 1 atom stereocenters. The normalized spacial score (nSPS) is 17.2. The zero-order chi connectivity index (χ0) is 13.8. The minimum atomic E-state index is -0.424. The molecule has 0 unspecified atom stereocenters. The second-order valence-corrected chi connectivity index (χ2v) is 5.46. The Balaban J connectivity index is 1.95. The summed E-state index contributed by atoms with van der Waals surface area (Å²) in [4.78, 5) is 14.2. The molecule has 1 saturated carbocycles. The van der Waals surface area contributed by atoms with Gasteiger partial charge in [0.1, 0.15) is 5.75 Å². The van der Waals surface area contributed by atoms with E-state index in [2.05, 4.69) is 0 Å². The average Bonchev–Trinajstić information content (AvgIpc) is 2.90. The van der Waals surface area contributed by atoms with Gasteiger partial charge in [0.25, 0.3) is 5.91 Å². The molecule has 104 valence electrons. The predicted octanol–water partition coefficient (Wildman–Crippen LogP) is 3.16. The average molecular weight is 261 g/mol. The summed E-state index contributed by atoms with van der Waals surface area (Å²) in [5, 5.41) is 0. The summed E-state index contributed by atoms with van der Waals surface area (Å²) >= 11 is 0. The highest BCUT2D eigenvalue weighted by Crippen LogP contribution is 2.23. The Labute approximate surface area is 115 Å². The number of rotatable bonds is 4. The van der Waals surface area contributed by atoms with E-state index < -0.39 is 6.10 Å². The van der Waals surface area contributed by atoms with Gasteiger partial charge in [-0.25, -0.2) is 0 Å². The summed E-state index contributed by atoms with van der Waals surface area (Å²) in [6.07, 6.45) is 4.29. The van der Waals surface area contributed by atoms with Crippen molar-refractivity contribution in [3.05, 3.63) is 29.8 Å². The van der Waals surface area contributed by atoms with Crippen LogP contribution in [0.15, 0.2) is 24.3 Å². The molecule has 0 N–H and O–H groups in total. The fourth-order valence-corrected chi connectivity index (χ4v) is 2.70. The largest absolute Gasteiger partial charge is 0.481 e. The Hall–Kier alpha value is -1.51. The number of hydrogen-bond acceptors (Lipinski definition) is 2. The third-order valence-electron chi connectivity index (χ3n) is 3.87. The van der Waals surface area contributed by atoms with E-state index in [0.717, 1.165) is 24.2 Å². The van der Waals surface area contributed by atoms with Crippen LogP contribution in [0.3, 0.4) is 0 Å². The Bertz CT molecular complexity index is 438. The molecule has 0 saturated heterocycles. The van der Waals surface area contributed by atoms with Crippen LogP contribution in [0.5, 0.6) is 5.75 Å². The number of ether oxygens (including phenoxy) is 1. The second-order valence-electron chi connectivity index (χ2n) is 5.46. The molecule has 0 aliphatic heterocycles. The van der Waals surface area contributed by atoms with Gasteiger partial charge in [-0.05, 0) is 44.4 Å².